The number of anilines is 1. The van der Waals surface area contributed by atoms with Gasteiger partial charge >= 0.3 is 6.03 Å². The third kappa shape index (κ3) is 3.54. The van der Waals surface area contributed by atoms with Crippen LogP contribution in [0.1, 0.15) is 29.5 Å². The molecule has 0 aliphatic carbocycles. The number of nitrogens with zero attached hydrogens (tertiary/aromatic N) is 2. The first-order valence-corrected chi connectivity index (χ1v) is 12.0. The molecular weight excluding hydrogens is 440 g/mol. The van der Waals surface area contributed by atoms with Gasteiger partial charge in [0, 0.05) is 30.3 Å². The van der Waals surface area contributed by atoms with Gasteiger partial charge in [-0.25, -0.2) is 4.79 Å². The lowest BCUT2D eigenvalue weighted by Crippen LogP contribution is -2.47. The predicted molar refractivity (Wildman–Crippen MR) is 126 cm³/mol. The summed E-state index contributed by atoms with van der Waals surface area (Å²) in [5, 5.41) is 6.64. The molecule has 7 nitrogen and oxygen atoms in total. The van der Waals surface area contributed by atoms with Crippen molar-refractivity contribution in [3.05, 3.63) is 58.1 Å². The van der Waals surface area contributed by atoms with Crippen LogP contribution >= 0.6 is 11.6 Å². The molecule has 6 rings (SSSR count). The van der Waals surface area contributed by atoms with Crippen molar-refractivity contribution in [2.45, 2.75) is 37.3 Å². The number of benzene rings is 2. The average Bonchev–Trinajstić information content (AvgIpc) is 3.30. The quantitative estimate of drug-likeness (QED) is 0.726. The average molecular weight is 467 g/mol. The lowest BCUT2D eigenvalue weighted by atomic mass is 9.73. The molecule has 33 heavy (non-hydrogen) atoms. The van der Waals surface area contributed by atoms with Crippen molar-refractivity contribution >= 4 is 29.2 Å². The van der Waals surface area contributed by atoms with E-state index in [9.17, 15) is 9.59 Å². The van der Waals surface area contributed by atoms with Crippen LogP contribution in [0, 0.1) is 0 Å². The minimum Gasteiger partial charge on any atom is -0.492 e. The summed E-state index contributed by atoms with van der Waals surface area (Å²) in [5.41, 5.74) is 3.96. The summed E-state index contributed by atoms with van der Waals surface area (Å²) in [7, 11) is 0. The highest BCUT2D eigenvalue weighted by Crippen LogP contribution is 2.45. The first kappa shape index (κ1) is 20.8. The van der Waals surface area contributed by atoms with Crippen molar-refractivity contribution in [2.75, 3.05) is 38.1 Å². The fourth-order valence-corrected chi connectivity index (χ4v) is 5.94. The molecule has 0 radical (unpaired) electrons. The predicted octanol–water partition coefficient (Wildman–Crippen LogP) is 3.15. The van der Waals surface area contributed by atoms with Crippen LogP contribution in [0.2, 0.25) is 5.02 Å². The van der Waals surface area contributed by atoms with Crippen LogP contribution in [0.15, 0.2) is 36.4 Å². The van der Waals surface area contributed by atoms with E-state index in [2.05, 4.69) is 27.7 Å². The number of hydrogen-bond acceptors (Lipinski definition) is 4. The summed E-state index contributed by atoms with van der Waals surface area (Å²) < 4.78 is 6.08. The molecule has 2 aromatic carbocycles. The molecule has 172 valence electrons. The zero-order valence-corrected chi connectivity index (χ0v) is 19.2. The van der Waals surface area contributed by atoms with Gasteiger partial charge in [0.25, 0.3) is 0 Å². The van der Waals surface area contributed by atoms with Crippen LogP contribution in [0.3, 0.4) is 0 Å². The van der Waals surface area contributed by atoms with Crippen LogP contribution < -0.4 is 15.4 Å². The number of piperidine rings is 1. The van der Waals surface area contributed by atoms with Gasteiger partial charge in [-0.15, -0.1) is 0 Å². The van der Waals surface area contributed by atoms with Gasteiger partial charge in [0.2, 0.25) is 5.91 Å². The molecule has 2 saturated heterocycles. The lowest BCUT2D eigenvalue weighted by molar-refractivity contribution is -0.122. The Morgan fingerprint density at radius 2 is 1.94 bits per heavy atom. The molecule has 0 bridgehead atoms. The Hall–Kier alpha value is -2.77. The maximum Gasteiger partial charge on any atom is 0.318 e. The van der Waals surface area contributed by atoms with Gasteiger partial charge in [0.05, 0.1) is 11.5 Å². The highest BCUT2D eigenvalue weighted by atomic mass is 35.5. The van der Waals surface area contributed by atoms with Gasteiger partial charge < -0.3 is 20.3 Å². The number of likely N-dealkylation sites (tertiary alicyclic amines) is 1. The van der Waals surface area contributed by atoms with Crippen LogP contribution in [0.25, 0.3) is 0 Å². The SMILES string of the molecule is O=C1NCC2Cc3cc(OCCN4CCC5(CC4)C(=O)Nc4ccc(Cl)cc45)ccc3CN12. The van der Waals surface area contributed by atoms with Crippen molar-refractivity contribution in [1.82, 2.24) is 15.1 Å². The number of ether oxygens (including phenoxy) is 1. The van der Waals surface area contributed by atoms with Gasteiger partial charge in [0.1, 0.15) is 12.4 Å². The van der Waals surface area contributed by atoms with Crippen molar-refractivity contribution in [2.24, 2.45) is 0 Å². The Labute approximate surface area is 198 Å². The number of rotatable bonds is 4. The van der Waals surface area contributed by atoms with Crippen LogP contribution in [-0.4, -0.2) is 60.6 Å². The topological polar surface area (TPSA) is 73.9 Å². The molecule has 2 aromatic rings. The fourth-order valence-electron chi connectivity index (χ4n) is 5.77. The normalized spacial score (nSPS) is 23.1. The monoisotopic (exact) mass is 466 g/mol. The molecule has 2 N–H and O–H groups in total. The van der Waals surface area contributed by atoms with Crippen LogP contribution in [0.4, 0.5) is 10.5 Å². The Bertz CT molecular complexity index is 1130. The minimum absolute atomic E-state index is 0.0379. The molecule has 8 heteroatoms. The molecule has 0 aromatic heterocycles. The Morgan fingerprint density at radius 3 is 2.79 bits per heavy atom. The van der Waals surface area contributed by atoms with Crippen molar-refractivity contribution in [3.8, 4) is 5.75 Å². The fraction of sp³-hybridized carbons (Fsp3) is 0.440. The zero-order valence-electron chi connectivity index (χ0n) is 18.4. The van der Waals surface area contributed by atoms with Gasteiger partial charge in [-0.05, 0) is 79.4 Å². The zero-order chi connectivity index (χ0) is 22.6. The van der Waals surface area contributed by atoms with Crippen molar-refractivity contribution < 1.29 is 14.3 Å². The summed E-state index contributed by atoms with van der Waals surface area (Å²) in [5.74, 6) is 0.981. The number of nitrogens with one attached hydrogen (secondary N) is 2. The number of carbonyl (C=O) groups excluding carboxylic acids is 2. The summed E-state index contributed by atoms with van der Waals surface area (Å²) in [6.45, 7) is 4.52. The molecule has 0 saturated carbocycles. The molecule has 1 spiro atoms. The van der Waals surface area contributed by atoms with E-state index in [0.29, 0.717) is 24.7 Å². The van der Waals surface area contributed by atoms with E-state index in [-0.39, 0.29) is 18.0 Å². The number of hydrogen-bond donors (Lipinski definition) is 2. The first-order chi connectivity index (χ1) is 16.0. The third-order valence-electron chi connectivity index (χ3n) is 7.73. The Kier molecular flexibility index (Phi) is 4.99. The molecule has 3 amide bonds. The number of halogens is 1. The number of carbonyl (C=O) groups is 2. The largest absolute Gasteiger partial charge is 0.492 e. The number of fused-ring (bicyclic) bond motifs is 4. The van der Waals surface area contributed by atoms with E-state index in [4.69, 9.17) is 16.3 Å². The summed E-state index contributed by atoms with van der Waals surface area (Å²) >= 11 is 6.22. The van der Waals surface area contributed by atoms with E-state index in [0.717, 1.165) is 55.9 Å². The van der Waals surface area contributed by atoms with Crippen LogP contribution in [0.5, 0.6) is 5.75 Å². The minimum atomic E-state index is -0.458. The summed E-state index contributed by atoms with van der Waals surface area (Å²) in [6.07, 6.45) is 2.44. The van der Waals surface area contributed by atoms with E-state index in [1.165, 1.54) is 11.1 Å². The summed E-state index contributed by atoms with van der Waals surface area (Å²) in [4.78, 5) is 29.0. The molecule has 1 unspecified atom stereocenters. The van der Waals surface area contributed by atoms with Crippen LogP contribution in [-0.2, 0) is 23.2 Å². The van der Waals surface area contributed by atoms with E-state index >= 15 is 0 Å². The first-order valence-electron chi connectivity index (χ1n) is 11.6. The van der Waals surface area contributed by atoms with E-state index < -0.39 is 5.41 Å². The second-order valence-electron chi connectivity index (χ2n) is 9.52. The van der Waals surface area contributed by atoms with E-state index in [1.807, 2.05) is 29.2 Å². The highest BCUT2D eigenvalue weighted by molar-refractivity contribution is 6.31. The Morgan fingerprint density at radius 1 is 1.09 bits per heavy atom. The maximum atomic E-state index is 12.8. The molecule has 4 aliphatic heterocycles. The number of urea groups is 1. The third-order valence-corrected chi connectivity index (χ3v) is 7.97. The second kappa shape index (κ2) is 7.92. The summed E-state index contributed by atoms with van der Waals surface area (Å²) in [6, 6.07) is 12.2. The molecular formula is C25H27ClN4O3. The van der Waals surface area contributed by atoms with Crippen molar-refractivity contribution in [3.63, 3.8) is 0 Å². The van der Waals surface area contributed by atoms with Gasteiger partial charge in [-0.2, -0.15) is 0 Å². The smallest absolute Gasteiger partial charge is 0.318 e. The van der Waals surface area contributed by atoms with Crippen molar-refractivity contribution in [1.29, 1.82) is 0 Å². The van der Waals surface area contributed by atoms with Gasteiger partial charge in [-0.1, -0.05) is 17.7 Å². The highest BCUT2D eigenvalue weighted by Gasteiger charge is 2.48. The van der Waals surface area contributed by atoms with Gasteiger partial charge in [0.15, 0.2) is 0 Å². The molecule has 1 atom stereocenters. The molecule has 4 aliphatic rings. The Balaban J connectivity index is 1.04. The standard InChI is InChI=1S/C25H27ClN4O3/c26-18-2-4-22-21(13-18)25(23(31)28-22)5-7-29(8-6-25)9-10-33-20-3-1-16-15-30-19(11-17(16)12-20)14-27-24(30)32/h1-4,12-13,19H,5-11,14-15H2,(H,27,32)(H,28,31). The second-order valence-corrected chi connectivity index (χ2v) is 9.96. The van der Waals surface area contributed by atoms with Gasteiger partial charge in [-0.3, -0.25) is 9.69 Å². The lowest BCUT2D eigenvalue weighted by Gasteiger charge is -2.38. The molecule has 4 heterocycles. The number of amides is 3. The van der Waals surface area contributed by atoms with E-state index in [1.54, 1.807) is 0 Å². The maximum absolute atomic E-state index is 12.8. The molecule has 2 fully saturated rings.